The van der Waals surface area contributed by atoms with Crippen LogP contribution < -0.4 is 0 Å². The molecule has 1 spiro atoms. The number of sulfone groups is 2. The maximum Gasteiger partial charge on any atom is 0.181 e. The topological polar surface area (TPSA) is 104 Å². The fourth-order valence-electron chi connectivity index (χ4n) is 5.41. The summed E-state index contributed by atoms with van der Waals surface area (Å²) in [6.45, 7) is 5.06. The van der Waals surface area contributed by atoms with Crippen LogP contribution in [0.2, 0.25) is 0 Å². The molecule has 5 rings (SSSR count). The van der Waals surface area contributed by atoms with Crippen LogP contribution in [0.25, 0.3) is 0 Å². The Morgan fingerprint density at radius 2 is 1.18 bits per heavy atom. The van der Waals surface area contributed by atoms with Gasteiger partial charge in [0.05, 0.1) is 33.5 Å². The first-order valence-electron chi connectivity index (χ1n) is 14.7. The molecular formula is C31H41I7O7S4. The molecule has 3 aliphatic rings. The number of benzene rings is 2. The van der Waals surface area contributed by atoms with Gasteiger partial charge in [-0.2, -0.15) is 0 Å². The second kappa shape index (κ2) is 24.5. The van der Waals surface area contributed by atoms with Gasteiger partial charge in [0.25, 0.3) is 0 Å². The van der Waals surface area contributed by atoms with Crippen molar-refractivity contribution in [3.05, 3.63) is 60.7 Å². The first kappa shape index (κ1) is 50.8. The molecule has 0 bridgehead atoms. The van der Waals surface area contributed by atoms with Crippen molar-refractivity contribution in [3.8, 4) is 0 Å². The summed E-state index contributed by atoms with van der Waals surface area (Å²) in [5.41, 5.74) is 0. The second-order valence-electron chi connectivity index (χ2n) is 11.2. The maximum absolute atomic E-state index is 12.7. The van der Waals surface area contributed by atoms with E-state index in [1.165, 1.54) is 0 Å². The SMILES string of the molecule is C.C[C@@H]1CC[C@@H](S(=O)(=O)c2ccccc2)CC12OCCO2.C[C@@H]1CC[C@@H](S(=O)(=O)c2ccccc2)CC1=O.ISC(I)(I)I.ISC(I)I. The summed E-state index contributed by atoms with van der Waals surface area (Å²) in [4.78, 5) is 12.3. The fraction of sp³-hybridized carbons (Fsp3) is 0.581. The van der Waals surface area contributed by atoms with Gasteiger partial charge in [-0.15, -0.1) is 0 Å². The molecule has 0 aromatic heterocycles. The minimum atomic E-state index is -3.34. The van der Waals surface area contributed by atoms with E-state index in [0.717, 1.165) is 7.68 Å². The summed E-state index contributed by atoms with van der Waals surface area (Å²) < 4.78 is 62.6. The monoisotopic (exact) mass is 1540 g/mol. The van der Waals surface area contributed by atoms with Crippen molar-refractivity contribution in [1.29, 1.82) is 0 Å². The van der Waals surface area contributed by atoms with Gasteiger partial charge in [0.1, 0.15) is 7.05 Å². The molecule has 49 heavy (non-hydrogen) atoms. The zero-order valence-electron chi connectivity index (χ0n) is 26.0. The molecule has 0 amide bonds. The van der Waals surface area contributed by atoms with Crippen LogP contribution in [0, 0.1) is 11.8 Å². The predicted octanol–water partition coefficient (Wildman–Crippen LogP) is 12.5. The van der Waals surface area contributed by atoms with Gasteiger partial charge in [-0.25, -0.2) is 16.8 Å². The maximum atomic E-state index is 12.7. The highest BCUT2D eigenvalue weighted by Crippen LogP contribution is 2.49. The smallest absolute Gasteiger partial charge is 0.181 e. The number of carbonyl (C=O) groups is 1. The molecule has 280 valence electrons. The highest BCUT2D eigenvalue weighted by molar-refractivity contribution is 14.3. The zero-order valence-corrected chi connectivity index (χ0v) is 44.3. The number of rotatable bonds is 6. The van der Waals surface area contributed by atoms with Crippen LogP contribution in [0.5, 0.6) is 0 Å². The molecule has 2 aliphatic carbocycles. The lowest BCUT2D eigenvalue weighted by atomic mass is 9.84. The van der Waals surface area contributed by atoms with Crippen molar-refractivity contribution in [3.63, 3.8) is 0 Å². The molecule has 2 saturated carbocycles. The van der Waals surface area contributed by atoms with E-state index in [1.54, 1.807) is 54.6 Å². The van der Waals surface area contributed by atoms with Crippen LogP contribution in [0.1, 0.15) is 59.8 Å². The van der Waals surface area contributed by atoms with Crippen LogP contribution in [-0.2, 0) is 33.9 Å². The van der Waals surface area contributed by atoms with Gasteiger partial charge in [-0.05, 0) is 160 Å². The Morgan fingerprint density at radius 3 is 1.57 bits per heavy atom. The van der Waals surface area contributed by atoms with Gasteiger partial charge >= 0.3 is 0 Å². The van der Waals surface area contributed by atoms with Gasteiger partial charge in [-0.1, -0.05) is 121 Å². The molecule has 7 nitrogen and oxygen atoms in total. The highest BCUT2D eigenvalue weighted by Gasteiger charge is 2.50. The summed E-state index contributed by atoms with van der Waals surface area (Å²) in [5.74, 6) is -0.365. The molecule has 0 N–H and O–H groups in total. The Bertz CT molecular complexity index is 1470. The van der Waals surface area contributed by atoms with Crippen LogP contribution in [0.3, 0.4) is 0 Å². The van der Waals surface area contributed by atoms with Gasteiger partial charge < -0.3 is 9.47 Å². The van der Waals surface area contributed by atoms with Crippen molar-refractivity contribution in [1.82, 2.24) is 0 Å². The molecule has 1 heterocycles. The number of halogens is 7. The molecule has 18 heteroatoms. The summed E-state index contributed by atoms with van der Waals surface area (Å²) >= 11 is 16.4. The minimum Gasteiger partial charge on any atom is -0.347 e. The quantitative estimate of drug-likeness (QED) is 0.207. The second-order valence-corrected chi connectivity index (χ2v) is 39.7. The van der Waals surface area contributed by atoms with E-state index in [4.69, 9.17) is 9.47 Å². The molecule has 1 saturated heterocycles. The Kier molecular flexibility index (Phi) is 25.4. The van der Waals surface area contributed by atoms with E-state index in [-0.39, 0.29) is 31.5 Å². The summed E-state index contributed by atoms with van der Waals surface area (Å²) in [6.07, 6.45) is 3.35. The standard InChI is InChI=1S/C15H20O4S.C13H16O3S.CI4S.CHI3S.CH4/c1-12-7-8-14(11-15(12)18-9-10-19-15)20(16,17)13-5-3-2-4-6-13;1-10-7-8-12(9-13(10)14)17(15,16)11-5-3-2-4-6-11;2-1(3,4)6-5;2-1(3)5-4;/h2-6,12,14H,7-11H2,1H3;2-6,10,12H,7-9H2,1H3;;1H;1H4/t12-,14-;10-,12-;;;/m11.../s1. The van der Waals surface area contributed by atoms with E-state index < -0.39 is 36.0 Å². The molecule has 3 fully saturated rings. The van der Waals surface area contributed by atoms with Crippen LogP contribution in [0.4, 0.5) is 0 Å². The summed E-state index contributed by atoms with van der Waals surface area (Å²) in [7, 11) is -3.01. The number of carbonyl (C=O) groups excluding carboxylic acids is 1. The summed E-state index contributed by atoms with van der Waals surface area (Å²) in [6, 6.07) is 17.1. The van der Waals surface area contributed by atoms with Gasteiger partial charge in [-0.3, -0.25) is 4.79 Å². The third kappa shape index (κ3) is 17.0. The number of Topliss-reactive ketones (excluding diaryl/α,β-unsaturated/α-hetero) is 1. The third-order valence-electron chi connectivity index (χ3n) is 8.04. The van der Waals surface area contributed by atoms with E-state index in [9.17, 15) is 21.6 Å². The van der Waals surface area contributed by atoms with Crippen molar-refractivity contribution >= 4 is 199 Å². The lowest BCUT2D eigenvalue weighted by Crippen LogP contribution is -2.47. The molecule has 0 radical (unpaired) electrons. The summed E-state index contributed by atoms with van der Waals surface area (Å²) in [5, 5.41) is -0.951. The van der Waals surface area contributed by atoms with Gasteiger partial charge in [0.15, 0.2) is 24.2 Å². The number of ketones is 1. The Balaban J connectivity index is 0.000000374. The first-order chi connectivity index (χ1) is 22.4. The highest BCUT2D eigenvalue weighted by atomic mass is 127. The lowest BCUT2D eigenvalue weighted by Gasteiger charge is -2.40. The number of ether oxygens (including phenoxy) is 2. The van der Waals surface area contributed by atoms with Gasteiger partial charge in [0, 0.05) is 24.7 Å². The van der Waals surface area contributed by atoms with Crippen molar-refractivity contribution in [2.45, 2.75) is 85.9 Å². The van der Waals surface area contributed by atoms with Crippen LogP contribution in [-0.4, -0.2) is 52.2 Å². The zero-order chi connectivity index (χ0) is 36.2. The third-order valence-corrected chi connectivity index (χ3v) is 33.2. The Hall–Kier alpha value is 3.74. The normalized spacial score (nSPS) is 23.5. The molecule has 4 atom stereocenters. The average molecular weight is 1540 g/mol. The Morgan fingerprint density at radius 1 is 0.776 bits per heavy atom. The van der Waals surface area contributed by atoms with Crippen molar-refractivity contribution in [2.24, 2.45) is 11.8 Å². The van der Waals surface area contributed by atoms with Crippen LogP contribution in [0.15, 0.2) is 70.5 Å². The predicted molar refractivity (Wildman–Crippen MR) is 267 cm³/mol. The van der Waals surface area contributed by atoms with E-state index in [2.05, 4.69) is 162 Å². The fourth-order valence-corrected chi connectivity index (χ4v) is 8.98. The van der Waals surface area contributed by atoms with E-state index >= 15 is 0 Å². The lowest BCUT2D eigenvalue weighted by molar-refractivity contribution is -0.206. The molecular weight excluding hydrogens is 1500 g/mol. The van der Waals surface area contributed by atoms with Gasteiger partial charge in [0.2, 0.25) is 0 Å². The van der Waals surface area contributed by atoms with Crippen molar-refractivity contribution in [2.75, 3.05) is 13.2 Å². The van der Waals surface area contributed by atoms with Crippen LogP contribution >= 0.6 is 173 Å². The average Bonchev–Trinajstić information content (AvgIpc) is 3.54. The first-order valence-corrected chi connectivity index (χ1v) is 30.3. The molecule has 2 aromatic carbocycles. The van der Waals surface area contributed by atoms with Crippen molar-refractivity contribution < 1.29 is 31.1 Å². The number of alkyl halides is 5. The Labute approximate surface area is 394 Å². The molecule has 1 aliphatic heterocycles. The van der Waals surface area contributed by atoms with E-state index in [0.29, 0.717) is 47.5 Å². The largest absolute Gasteiger partial charge is 0.347 e. The van der Waals surface area contributed by atoms with E-state index in [1.807, 2.05) is 30.9 Å². The minimum absolute atomic E-state index is 0. The molecule has 0 unspecified atom stereocenters. The number of hydrogen-bond donors (Lipinski definition) is 0. The number of hydrogen-bond acceptors (Lipinski definition) is 9. The molecule has 2 aromatic rings.